The number of carbonyl (C=O) groups excluding carboxylic acids is 1. The Labute approximate surface area is 164 Å². The summed E-state index contributed by atoms with van der Waals surface area (Å²) in [5.41, 5.74) is 2.68. The van der Waals surface area contributed by atoms with Crippen LogP contribution in [0.3, 0.4) is 0 Å². The summed E-state index contributed by atoms with van der Waals surface area (Å²) >= 11 is 1.69. The normalized spacial score (nSPS) is 23.2. The quantitative estimate of drug-likeness (QED) is 0.763. The number of nitrogens with zero attached hydrogens (tertiary/aromatic N) is 2. The van der Waals surface area contributed by atoms with E-state index < -0.39 is 0 Å². The number of halogens is 1. The van der Waals surface area contributed by atoms with Crippen LogP contribution in [0.15, 0.2) is 41.1 Å². The first-order chi connectivity index (χ1) is 13.1. The molecule has 144 valence electrons. The summed E-state index contributed by atoms with van der Waals surface area (Å²) in [6, 6.07) is 8.95. The van der Waals surface area contributed by atoms with Crippen LogP contribution in [0.2, 0.25) is 0 Å². The van der Waals surface area contributed by atoms with Crippen LogP contribution < -0.4 is 0 Å². The summed E-state index contributed by atoms with van der Waals surface area (Å²) in [5, 5.41) is 4.20. The predicted molar refractivity (Wildman–Crippen MR) is 107 cm³/mol. The number of carbonyl (C=O) groups is 1. The topological polar surface area (TPSA) is 23.6 Å². The fourth-order valence-electron chi connectivity index (χ4n) is 4.62. The molecule has 2 aliphatic rings. The van der Waals surface area contributed by atoms with Crippen LogP contribution in [-0.4, -0.2) is 41.9 Å². The minimum Gasteiger partial charge on any atom is -0.342 e. The maximum Gasteiger partial charge on any atom is 0.222 e. The molecule has 2 aliphatic heterocycles. The zero-order chi connectivity index (χ0) is 18.7. The number of thiophene rings is 1. The van der Waals surface area contributed by atoms with E-state index in [0.717, 1.165) is 51.1 Å². The molecule has 1 aromatic carbocycles. The molecule has 1 amide bonds. The fourth-order valence-corrected chi connectivity index (χ4v) is 5.32. The number of aryl methyl sites for hydroxylation is 1. The second-order valence-electron chi connectivity index (χ2n) is 8.14. The third-order valence-corrected chi connectivity index (χ3v) is 6.79. The molecule has 2 fully saturated rings. The fraction of sp³-hybridized carbons (Fsp3) is 0.500. The summed E-state index contributed by atoms with van der Waals surface area (Å²) in [6.45, 7) is 4.79. The van der Waals surface area contributed by atoms with Crippen LogP contribution in [0.25, 0.3) is 0 Å². The van der Waals surface area contributed by atoms with E-state index in [1.165, 1.54) is 18.4 Å². The van der Waals surface area contributed by atoms with E-state index in [4.69, 9.17) is 0 Å². The molecule has 1 spiro atoms. The Morgan fingerprint density at radius 3 is 2.70 bits per heavy atom. The zero-order valence-corrected chi connectivity index (χ0v) is 16.5. The average molecular weight is 387 g/mol. The molecule has 3 heterocycles. The maximum atomic E-state index is 13.1. The van der Waals surface area contributed by atoms with Crippen LogP contribution in [0.1, 0.15) is 36.8 Å². The van der Waals surface area contributed by atoms with Crippen molar-refractivity contribution in [1.29, 1.82) is 0 Å². The van der Waals surface area contributed by atoms with Gasteiger partial charge in [-0.15, -0.1) is 0 Å². The Bertz CT molecular complexity index is 761. The van der Waals surface area contributed by atoms with Crippen molar-refractivity contribution in [2.45, 2.75) is 38.6 Å². The van der Waals surface area contributed by atoms with Gasteiger partial charge in [0, 0.05) is 38.0 Å². The van der Waals surface area contributed by atoms with Crippen molar-refractivity contribution in [3.8, 4) is 0 Å². The largest absolute Gasteiger partial charge is 0.342 e. The van der Waals surface area contributed by atoms with E-state index in [1.807, 2.05) is 12.1 Å². The zero-order valence-electron chi connectivity index (χ0n) is 15.7. The minimum absolute atomic E-state index is 0.179. The van der Waals surface area contributed by atoms with E-state index in [0.29, 0.717) is 12.3 Å². The molecule has 2 saturated heterocycles. The Hall–Kier alpha value is -1.72. The predicted octanol–water partition coefficient (Wildman–Crippen LogP) is 4.33. The average Bonchev–Trinajstić information content (AvgIpc) is 3.32. The summed E-state index contributed by atoms with van der Waals surface area (Å²) in [6.07, 6.45) is 4.96. The van der Waals surface area contributed by atoms with Crippen LogP contribution in [0, 0.1) is 11.2 Å². The van der Waals surface area contributed by atoms with Crippen molar-refractivity contribution in [3.63, 3.8) is 0 Å². The molecule has 0 bridgehead atoms. The number of amides is 1. The first kappa shape index (κ1) is 18.6. The lowest BCUT2D eigenvalue weighted by Crippen LogP contribution is -2.45. The van der Waals surface area contributed by atoms with Gasteiger partial charge in [-0.1, -0.05) is 12.1 Å². The van der Waals surface area contributed by atoms with Gasteiger partial charge in [-0.2, -0.15) is 11.3 Å². The van der Waals surface area contributed by atoms with Crippen molar-refractivity contribution in [2.75, 3.05) is 26.2 Å². The minimum atomic E-state index is -0.179. The van der Waals surface area contributed by atoms with Gasteiger partial charge < -0.3 is 4.90 Å². The van der Waals surface area contributed by atoms with Crippen LogP contribution in [-0.2, 0) is 17.8 Å². The lowest BCUT2D eigenvalue weighted by molar-refractivity contribution is -0.130. The Kier molecular flexibility index (Phi) is 5.60. The Morgan fingerprint density at radius 1 is 1.07 bits per heavy atom. The highest BCUT2D eigenvalue weighted by atomic mass is 32.1. The van der Waals surface area contributed by atoms with Gasteiger partial charge in [0.1, 0.15) is 5.82 Å². The van der Waals surface area contributed by atoms with Gasteiger partial charge >= 0.3 is 0 Å². The van der Waals surface area contributed by atoms with Crippen molar-refractivity contribution < 1.29 is 9.18 Å². The molecular weight excluding hydrogens is 359 g/mol. The third-order valence-electron chi connectivity index (χ3n) is 6.06. The van der Waals surface area contributed by atoms with E-state index in [-0.39, 0.29) is 11.2 Å². The molecule has 1 unspecified atom stereocenters. The highest BCUT2D eigenvalue weighted by molar-refractivity contribution is 7.07. The van der Waals surface area contributed by atoms with Gasteiger partial charge in [0.2, 0.25) is 5.91 Å². The lowest BCUT2D eigenvalue weighted by Gasteiger charge is -2.40. The van der Waals surface area contributed by atoms with Crippen LogP contribution in [0.4, 0.5) is 4.39 Å². The van der Waals surface area contributed by atoms with Crippen molar-refractivity contribution in [1.82, 2.24) is 9.80 Å². The number of benzene rings is 1. The molecule has 3 nitrogen and oxygen atoms in total. The SMILES string of the molecule is O=C(CCc1ccsc1)N1CCC2(CCCN(Cc3ccc(F)cc3)C2)C1. The van der Waals surface area contributed by atoms with Gasteiger partial charge in [0.05, 0.1) is 0 Å². The van der Waals surface area contributed by atoms with Crippen LogP contribution >= 0.6 is 11.3 Å². The molecule has 0 aliphatic carbocycles. The second kappa shape index (κ2) is 8.11. The molecule has 27 heavy (non-hydrogen) atoms. The highest BCUT2D eigenvalue weighted by Crippen LogP contribution is 2.39. The van der Waals surface area contributed by atoms with Crippen molar-refractivity contribution >= 4 is 17.2 Å². The van der Waals surface area contributed by atoms with E-state index in [9.17, 15) is 9.18 Å². The second-order valence-corrected chi connectivity index (χ2v) is 8.92. The first-order valence-corrected chi connectivity index (χ1v) is 10.8. The van der Waals surface area contributed by atoms with E-state index >= 15 is 0 Å². The number of rotatable bonds is 5. The molecule has 5 heteroatoms. The molecule has 0 radical (unpaired) electrons. The third kappa shape index (κ3) is 4.58. The first-order valence-electron chi connectivity index (χ1n) is 9.88. The standard InChI is InChI=1S/C22H27FN2OS/c23-20-5-2-18(3-6-20)14-24-11-1-9-22(16-24)10-12-25(17-22)21(26)7-4-19-8-13-27-15-19/h2-3,5-6,8,13,15H,1,4,7,9-12,14,16-17H2. The van der Waals surface area contributed by atoms with Gasteiger partial charge in [-0.3, -0.25) is 9.69 Å². The molecule has 2 aromatic rings. The Balaban J connectivity index is 1.31. The van der Waals surface area contributed by atoms with E-state index in [2.05, 4.69) is 26.6 Å². The van der Waals surface area contributed by atoms with Gasteiger partial charge in [-0.25, -0.2) is 4.39 Å². The number of likely N-dealkylation sites (tertiary alicyclic amines) is 2. The molecule has 1 aromatic heterocycles. The molecular formula is C22H27FN2OS. The molecule has 0 N–H and O–H groups in total. The van der Waals surface area contributed by atoms with Crippen molar-refractivity contribution in [2.24, 2.45) is 5.41 Å². The number of hydrogen-bond donors (Lipinski definition) is 0. The number of hydrogen-bond acceptors (Lipinski definition) is 3. The highest BCUT2D eigenvalue weighted by Gasteiger charge is 2.42. The summed E-state index contributed by atoms with van der Waals surface area (Å²) in [7, 11) is 0. The van der Waals surface area contributed by atoms with Gasteiger partial charge in [0.25, 0.3) is 0 Å². The smallest absolute Gasteiger partial charge is 0.222 e. The Morgan fingerprint density at radius 2 is 1.93 bits per heavy atom. The van der Waals surface area contributed by atoms with E-state index in [1.54, 1.807) is 23.5 Å². The van der Waals surface area contributed by atoms with Crippen molar-refractivity contribution in [3.05, 3.63) is 58.0 Å². The summed E-state index contributed by atoms with van der Waals surface area (Å²) in [4.78, 5) is 17.2. The maximum absolute atomic E-state index is 13.1. The van der Waals surface area contributed by atoms with Gasteiger partial charge in [-0.05, 0) is 72.3 Å². The summed E-state index contributed by atoms with van der Waals surface area (Å²) in [5.74, 6) is 0.120. The van der Waals surface area contributed by atoms with Gasteiger partial charge in [0.15, 0.2) is 0 Å². The molecule has 4 rings (SSSR count). The molecule has 1 atom stereocenters. The summed E-state index contributed by atoms with van der Waals surface area (Å²) < 4.78 is 13.1. The monoisotopic (exact) mass is 386 g/mol. The lowest BCUT2D eigenvalue weighted by atomic mass is 9.79. The van der Waals surface area contributed by atoms with Crippen LogP contribution in [0.5, 0.6) is 0 Å². The molecule has 0 saturated carbocycles. The number of piperidine rings is 1.